The number of carbonyl (C=O) groups excluding carboxylic acids is 2. The first-order valence-corrected chi connectivity index (χ1v) is 10.8. The van der Waals surface area contributed by atoms with Gasteiger partial charge in [0.25, 0.3) is 0 Å². The monoisotopic (exact) mass is 391 g/mol. The minimum absolute atomic E-state index is 0.111. The highest BCUT2D eigenvalue weighted by molar-refractivity contribution is 5.84. The average molecular weight is 392 g/mol. The maximum Gasteiger partial charge on any atom is 0.328 e. The molecule has 0 heterocycles. The highest BCUT2D eigenvalue weighted by Gasteiger charge is 2.22. The van der Waals surface area contributed by atoms with Crippen LogP contribution in [0.1, 0.15) is 83.6 Å². The van der Waals surface area contributed by atoms with Gasteiger partial charge in [0.2, 0.25) is 5.91 Å². The van der Waals surface area contributed by atoms with E-state index in [0.29, 0.717) is 12.8 Å². The summed E-state index contributed by atoms with van der Waals surface area (Å²) >= 11 is 0. The number of nitrogens with one attached hydrogen (secondary N) is 1. The third-order valence-electron chi connectivity index (χ3n) is 4.79. The lowest BCUT2D eigenvalue weighted by Gasteiger charge is -2.17. The molecule has 2 N–H and O–H groups in total. The predicted molar refractivity (Wildman–Crippen MR) is 112 cm³/mol. The molecule has 1 aromatic rings. The van der Waals surface area contributed by atoms with Gasteiger partial charge >= 0.3 is 5.97 Å². The maximum absolute atomic E-state index is 12.3. The molecule has 0 bridgehead atoms. The van der Waals surface area contributed by atoms with E-state index in [0.717, 1.165) is 24.8 Å². The fourth-order valence-electron chi connectivity index (χ4n) is 3.17. The minimum atomic E-state index is -0.699. The standard InChI is InChI=1S/C23H37NO4/c1-3-5-6-7-8-9-10-11-12-13-22(26)24-21(23(27)28-4-2)18-19-14-16-20(25)17-15-19/h14-17,21,25H,3-13,18H2,1-2H3,(H,24,26). The molecule has 158 valence electrons. The summed E-state index contributed by atoms with van der Waals surface area (Å²) in [5.41, 5.74) is 0.860. The number of amides is 1. The van der Waals surface area contributed by atoms with Gasteiger partial charge in [-0.2, -0.15) is 0 Å². The van der Waals surface area contributed by atoms with Crippen molar-refractivity contribution in [1.29, 1.82) is 0 Å². The van der Waals surface area contributed by atoms with Crippen LogP contribution in [-0.4, -0.2) is 29.6 Å². The van der Waals surface area contributed by atoms with E-state index in [-0.39, 0.29) is 18.3 Å². The summed E-state index contributed by atoms with van der Waals surface area (Å²) in [7, 11) is 0. The van der Waals surface area contributed by atoms with Gasteiger partial charge in [-0.1, -0.05) is 70.4 Å². The van der Waals surface area contributed by atoms with E-state index in [1.54, 1.807) is 31.2 Å². The number of esters is 1. The number of aromatic hydroxyl groups is 1. The van der Waals surface area contributed by atoms with Crippen molar-refractivity contribution >= 4 is 11.9 Å². The molecule has 5 heteroatoms. The van der Waals surface area contributed by atoms with E-state index in [4.69, 9.17) is 4.74 Å². The van der Waals surface area contributed by atoms with Crippen LogP contribution in [-0.2, 0) is 20.7 Å². The Morgan fingerprint density at radius 1 is 0.929 bits per heavy atom. The molecule has 1 atom stereocenters. The van der Waals surface area contributed by atoms with E-state index in [9.17, 15) is 14.7 Å². The van der Waals surface area contributed by atoms with Crippen LogP contribution in [0.3, 0.4) is 0 Å². The summed E-state index contributed by atoms with van der Waals surface area (Å²) in [6.07, 6.45) is 11.6. The SMILES string of the molecule is CCCCCCCCCCCC(=O)NC(Cc1ccc(O)cc1)C(=O)OCC. The number of unbranched alkanes of at least 4 members (excludes halogenated alkanes) is 8. The second-order valence-corrected chi connectivity index (χ2v) is 7.32. The molecular weight excluding hydrogens is 354 g/mol. The molecule has 0 fully saturated rings. The van der Waals surface area contributed by atoms with Crippen LogP contribution in [0.5, 0.6) is 5.75 Å². The van der Waals surface area contributed by atoms with Gasteiger partial charge in [-0.05, 0) is 31.0 Å². The summed E-state index contributed by atoms with van der Waals surface area (Å²) in [4.78, 5) is 24.4. The van der Waals surface area contributed by atoms with Crippen molar-refractivity contribution in [2.24, 2.45) is 0 Å². The first-order valence-electron chi connectivity index (χ1n) is 10.8. The molecule has 1 unspecified atom stereocenters. The van der Waals surface area contributed by atoms with Gasteiger partial charge in [0.15, 0.2) is 0 Å². The minimum Gasteiger partial charge on any atom is -0.508 e. The largest absolute Gasteiger partial charge is 0.508 e. The highest BCUT2D eigenvalue weighted by Crippen LogP contribution is 2.13. The normalized spacial score (nSPS) is 11.8. The smallest absolute Gasteiger partial charge is 0.328 e. The Morgan fingerprint density at radius 2 is 1.50 bits per heavy atom. The van der Waals surface area contributed by atoms with Gasteiger partial charge in [-0.3, -0.25) is 4.79 Å². The topological polar surface area (TPSA) is 75.6 Å². The number of rotatable bonds is 15. The van der Waals surface area contributed by atoms with Crippen LogP contribution in [0.4, 0.5) is 0 Å². The van der Waals surface area contributed by atoms with E-state index in [1.807, 2.05) is 0 Å². The van der Waals surface area contributed by atoms with Crippen molar-refractivity contribution in [2.45, 2.75) is 90.5 Å². The molecule has 1 aromatic carbocycles. The van der Waals surface area contributed by atoms with Gasteiger partial charge in [0.1, 0.15) is 11.8 Å². The molecule has 0 saturated heterocycles. The molecule has 0 aromatic heterocycles. The molecule has 0 aliphatic heterocycles. The fraction of sp³-hybridized carbons (Fsp3) is 0.652. The van der Waals surface area contributed by atoms with Gasteiger partial charge in [0, 0.05) is 12.8 Å². The zero-order chi connectivity index (χ0) is 20.6. The van der Waals surface area contributed by atoms with E-state index in [2.05, 4.69) is 12.2 Å². The molecule has 1 rings (SSSR count). The molecule has 5 nitrogen and oxygen atoms in total. The Bertz CT molecular complexity index is 556. The highest BCUT2D eigenvalue weighted by atomic mass is 16.5. The van der Waals surface area contributed by atoms with Crippen molar-refractivity contribution in [3.05, 3.63) is 29.8 Å². The second-order valence-electron chi connectivity index (χ2n) is 7.32. The quantitative estimate of drug-likeness (QED) is 0.329. The number of ether oxygens (including phenoxy) is 1. The summed E-state index contributed by atoms with van der Waals surface area (Å²) in [6.45, 7) is 4.25. The van der Waals surface area contributed by atoms with E-state index < -0.39 is 12.0 Å². The molecular formula is C23H37NO4. The molecule has 0 aliphatic carbocycles. The third kappa shape index (κ3) is 11.0. The molecule has 1 amide bonds. The Balaban J connectivity index is 2.32. The number of hydrogen-bond donors (Lipinski definition) is 2. The summed E-state index contributed by atoms with van der Waals surface area (Å²) in [6, 6.07) is 5.93. The average Bonchev–Trinajstić information content (AvgIpc) is 2.68. The van der Waals surface area contributed by atoms with Crippen LogP contribution in [0.2, 0.25) is 0 Å². The van der Waals surface area contributed by atoms with Crippen LogP contribution in [0.25, 0.3) is 0 Å². The zero-order valence-corrected chi connectivity index (χ0v) is 17.5. The van der Waals surface area contributed by atoms with Crippen molar-refractivity contribution < 1.29 is 19.4 Å². The first-order chi connectivity index (χ1) is 13.6. The molecule has 0 saturated carbocycles. The Kier molecular flexibility index (Phi) is 12.8. The predicted octanol–water partition coefficient (Wildman–Crippen LogP) is 4.90. The zero-order valence-electron chi connectivity index (χ0n) is 17.5. The Morgan fingerprint density at radius 3 is 2.07 bits per heavy atom. The number of phenols is 1. The van der Waals surface area contributed by atoms with Gasteiger partial charge in [0.05, 0.1) is 6.61 Å². The molecule has 0 radical (unpaired) electrons. The first kappa shape index (κ1) is 24.0. The lowest BCUT2D eigenvalue weighted by atomic mass is 10.0. The van der Waals surface area contributed by atoms with Crippen molar-refractivity contribution in [3.8, 4) is 5.75 Å². The van der Waals surface area contributed by atoms with Crippen molar-refractivity contribution in [3.63, 3.8) is 0 Å². The lowest BCUT2D eigenvalue weighted by molar-refractivity contribution is -0.147. The summed E-state index contributed by atoms with van der Waals surface area (Å²) in [5.74, 6) is -0.360. The number of carbonyl (C=O) groups is 2. The number of benzene rings is 1. The molecule has 0 aliphatic rings. The number of hydrogen-bond acceptors (Lipinski definition) is 4. The molecule has 28 heavy (non-hydrogen) atoms. The van der Waals surface area contributed by atoms with Crippen LogP contribution in [0, 0.1) is 0 Å². The van der Waals surface area contributed by atoms with Crippen LogP contribution in [0.15, 0.2) is 24.3 Å². The Hall–Kier alpha value is -2.04. The van der Waals surface area contributed by atoms with Gasteiger partial charge < -0.3 is 15.2 Å². The second kappa shape index (κ2) is 14.9. The third-order valence-corrected chi connectivity index (χ3v) is 4.79. The molecule has 0 spiro atoms. The fourth-order valence-corrected chi connectivity index (χ4v) is 3.17. The summed E-state index contributed by atoms with van der Waals surface area (Å²) in [5, 5.41) is 12.2. The van der Waals surface area contributed by atoms with Crippen molar-refractivity contribution in [1.82, 2.24) is 5.32 Å². The Labute approximate surface area is 169 Å². The van der Waals surface area contributed by atoms with Crippen LogP contribution < -0.4 is 5.32 Å². The maximum atomic E-state index is 12.3. The van der Waals surface area contributed by atoms with Crippen molar-refractivity contribution in [2.75, 3.05) is 6.61 Å². The van der Waals surface area contributed by atoms with E-state index in [1.165, 1.54) is 38.5 Å². The van der Waals surface area contributed by atoms with Crippen LogP contribution >= 0.6 is 0 Å². The summed E-state index contributed by atoms with van der Waals surface area (Å²) < 4.78 is 5.10. The number of phenolic OH excluding ortho intramolecular Hbond substituents is 1. The van der Waals surface area contributed by atoms with E-state index >= 15 is 0 Å². The lowest BCUT2D eigenvalue weighted by Crippen LogP contribution is -2.43. The van der Waals surface area contributed by atoms with Gasteiger partial charge in [-0.15, -0.1) is 0 Å². The van der Waals surface area contributed by atoms with Gasteiger partial charge in [-0.25, -0.2) is 4.79 Å².